The van der Waals surface area contributed by atoms with Crippen LogP contribution in [-0.4, -0.2) is 37.0 Å². The largest absolute Gasteiger partial charge is 0.354 e. The average Bonchev–Trinajstić information content (AvgIpc) is 3.01. The van der Waals surface area contributed by atoms with Crippen LogP contribution in [0.5, 0.6) is 0 Å². The van der Waals surface area contributed by atoms with Crippen LogP contribution < -0.4 is 20.9 Å². The molecule has 1 aliphatic heterocycles. The number of para-hydroxylation sites is 1. The minimum absolute atomic E-state index is 0.0113. The maximum atomic E-state index is 12.6. The van der Waals surface area contributed by atoms with Crippen molar-refractivity contribution in [1.29, 1.82) is 0 Å². The maximum absolute atomic E-state index is 12.6. The fraction of sp³-hybridized carbons (Fsp3) is 0.444. The molecule has 0 bridgehead atoms. The van der Waals surface area contributed by atoms with Crippen LogP contribution in [0.1, 0.15) is 49.7 Å². The van der Waals surface area contributed by atoms with E-state index in [0.717, 1.165) is 55.3 Å². The standard InChI is InChI=1S/C27H34N4O3/c32-25(19-31-24-11-5-4-9-22(24)10-6-12-26(31)33)28-17-21-13-15-23(16-14-21)30-27(34)29-18-20-7-2-1-3-8-20/h1-5,7-9,11,21,23H,6,10,12-19H2,(H,28,32)(H2,29,30,34). The van der Waals surface area contributed by atoms with Gasteiger partial charge in [0.05, 0.1) is 0 Å². The van der Waals surface area contributed by atoms with Gasteiger partial charge in [-0.2, -0.15) is 0 Å². The summed E-state index contributed by atoms with van der Waals surface area (Å²) in [6, 6.07) is 17.7. The van der Waals surface area contributed by atoms with E-state index >= 15 is 0 Å². The van der Waals surface area contributed by atoms with Crippen LogP contribution in [0.3, 0.4) is 0 Å². The molecule has 1 heterocycles. The fourth-order valence-corrected chi connectivity index (χ4v) is 4.84. The van der Waals surface area contributed by atoms with Gasteiger partial charge in [0.15, 0.2) is 0 Å². The van der Waals surface area contributed by atoms with Gasteiger partial charge in [0.2, 0.25) is 11.8 Å². The molecule has 3 N–H and O–H groups in total. The minimum Gasteiger partial charge on any atom is -0.354 e. The van der Waals surface area contributed by atoms with Crippen LogP contribution in [0, 0.1) is 5.92 Å². The summed E-state index contributed by atoms with van der Waals surface area (Å²) in [7, 11) is 0. The monoisotopic (exact) mass is 462 g/mol. The molecular formula is C27H34N4O3. The molecule has 4 amide bonds. The van der Waals surface area contributed by atoms with Crippen molar-refractivity contribution in [2.24, 2.45) is 5.92 Å². The predicted molar refractivity (Wildman–Crippen MR) is 132 cm³/mol. The molecule has 0 saturated heterocycles. The lowest BCUT2D eigenvalue weighted by Crippen LogP contribution is -2.45. The number of carbonyl (C=O) groups excluding carboxylic acids is 3. The van der Waals surface area contributed by atoms with Gasteiger partial charge in [0.1, 0.15) is 6.54 Å². The Bertz CT molecular complexity index is 986. The van der Waals surface area contributed by atoms with Gasteiger partial charge in [-0.15, -0.1) is 0 Å². The molecule has 2 aromatic rings. The third-order valence-corrected chi connectivity index (χ3v) is 6.79. The average molecular weight is 463 g/mol. The fourth-order valence-electron chi connectivity index (χ4n) is 4.84. The second-order valence-electron chi connectivity index (χ2n) is 9.30. The van der Waals surface area contributed by atoms with E-state index in [2.05, 4.69) is 16.0 Å². The molecule has 1 saturated carbocycles. The van der Waals surface area contributed by atoms with E-state index in [-0.39, 0.29) is 30.4 Å². The Kier molecular flexibility index (Phi) is 8.17. The number of benzene rings is 2. The summed E-state index contributed by atoms with van der Waals surface area (Å²) in [5, 5.41) is 9.01. The molecule has 0 spiro atoms. The van der Waals surface area contributed by atoms with Crippen molar-refractivity contribution in [2.75, 3.05) is 18.0 Å². The number of rotatable bonds is 7. The third-order valence-electron chi connectivity index (χ3n) is 6.79. The molecule has 1 aliphatic carbocycles. The summed E-state index contributed by atoms with van der Waals surface area (Å²) in [5.74, 6) is 0.282. The van der Waals surface area contributed by atoms with Crippen molar-refractivity contribution in [3.63, 3.8) is 0 Å². The summed E-state index contributed by atoms with van der Waals surface area (Å²) in [6.45, 7) is 1.18. The molecule has 4 rings (SSSR count). The number of carbonyl (C=O) groups is 3. The molecular weight excluding hydrogens is 428 g/mol. The molecule has 2 aliphatic rings. The van der Waals surface area contributed by atoms with Crippen LogP contribution in [0.2, 0.25) is 0 Å². The number of fused-ring (bicyclic) bond motifs is 1. The topological polar surface area (TPSA) is 90.5 Å². The first-order valence-corrected chi connectivity index (χ1v) is 12.3. The highest BCUT2D eigenvalue weighted by Crippen LogP contribution is 2.27. The van der Waals surface area contributed by atoms with Crippen molar-refractivity contribution in [1.82, 2.24) is 16.0 Å². The van der Waals surface area contributed by atoms with Crippen molar-refractivity contribution < 1.29 is 14.4 Å². The SMILES string of the molecule is O=C(CN1C(=O)CCCc2ccccc21)NCC1CCC(NC(=O)NCc2ccccc2)CC1. The first kappa shape index (κ1) is 23.8. The van der Waals surface area contributed by atoms with Gasteiger partial charge >= 0.3 is 6.03 Å². The van der Waals surface area contributed by atoms with Crippen molar-refractivity contribution in [2.45, 2.75) is 57.5 Å². The molecule has 2 aromatic carbocycles. The van der Waals surface area contributed by atoms with Gasteiger partial charge in [-0.3, -0.25) is 9.59 Å². The Balaban J connectivity index is 1.17. The zero-order valence-corrected chi connectivity index (χ0v) is 19.6. The quantitative estimate of drug-likeness (QED) is 0.588. The maximum Gasteiger partial charge on any atom is 0.315 e. The van der Waals surface area contributed by atoms with Crippen LogP contribution in [0.15, 0.2) is 54.6 Å². The lowest BCUT2D eigenvalue weighted by molar-refractivity contribution is -0.124. The number of amides is 4. The minimum atomic E-state index is -0.136. The van der Waals surface area contributed by atoms with Gasteiger partial charge in [0, 0.05) is 31.2 Å². The number of aryl methyl sites for hydroxylation is 1. The molecule has 180 valence electrons. The lowest BCUT2D eigenvalue weighted by atomic mass is 9.86. The van der Waals surface area contributed by atoms with E-state index in [1.165, 1.54) is 0 Å². The van der Waals surface area contributed by atoms with Gasteiger partial charge in [-0.25, -0.2) is 4.79 Å². The summed E-state index contributed by atoms with van der Waals surface area (Å²) in [4.78, 5) is 39.1. The van der Waals surface area contributed by atoms with E-state index in [0.29, 0.717) is 25.4 Å². The highest BCUT2D eigenvalue weighted by atomic mass is 16.2. The molecule has 7 heteroatoms. The summed E-state index contributed by atoms with van der Waals surface area (Å²) >= 11 is 0. The summed E-state index contributed by atoms with van der Waals surface area (Å²) in [5.41, 5.74) is 3.06. The van der Waals surface area contributed by atoms with Crippen LogP contribution in [-0.2, 0) is 22.6 Å². The molecule has 0 radical (unpaired) electrons. The highest BCUT2D eigenvalue weighted by molar-refractivity contribution is 5.99. The summed E-state index contributed by atoms with van der Waals surface area (Å²) < 4.78 is 0. The second kappa shape index (κ2) is 11.7. The molecule has 0 aromatic heterocycles. The number of urea groups is 1. The van der Waals surface area contributed by atoms with Gasteiger partial charge in [0.25, 0.3) is 0 Å². The Morgan fingerprint density at radius 2 is 1.62 bits per heavy atom. The summed E-state index contributed by atoms with van der Waals surface area (Å²) in [6.07, 6.45) is 5.86. The van der Waals surface area contributed by atoms with Crippen LogP contribution in [0.25, 0.3) is 0 Å². The molecule has 0 unspecified atom stereocenters. The van der Waals surface area contributed by atoms with Crippen LogP contribution >= 0.6 is 0 Å². The molecule has 1 fully saturated rings. The lowest BCUT2D eigenvalue weighted by Gasteiger charge is -2.29. The number of nitrogens with zero attached hydrogens (tertiary/aromatic N) is 1. The number of hydrogen-bond acceptors (Lipinski definition) is 3. The number of nitrogens with one attached hydrogen (secondary N) is 3. The molecule has 34 heavy (non-hydrogen) atoms. The van der Waals surface area contributed by atoms with Gasteiger partial charge in [-0.1, -0.05) is 48.5 Å². The zero-order valence-electron chi connectivity index (χ0n) is 19.6. The van der Waals surface area contributed by atoms with Crippen molar-refractivity contribution >= 4 is 23.5 Å². The Morgan fingerprint density at radius 1 is 0.882 bits per heavy atom. The van der Waals surface area contributed by atoms with E-state index < -0.39 is 0 Å². The number of hydrogen-bond donors (Lipinski definition) is 3. The molecule has 7 nitrogen and oxygen atoms in total. The second-order valence-corrected chi connectivity index (χ2v) is 9.30. The van der Waals surface area contributed by atoms with Gasteiger partial charge < -0.3 is 20.9 Å². The van der Waals surface area contributed by atoms with Crippen LogP contribution in [0.4, 0.5) is 10.5 Å². The first-order chi connectivity index (χ1) is 16.6. The third kappa shape index (κ3) is 6.59. The van der Waals surface area contributed by atoms with E-state index in [4.69, 9.17) is 0 Å². The number of anilines is 1. The first-order valence-electron chi connectivity index (χ1n) is 12.3. The molecule has 0 atom stereocenters. The smallest absolute Gasteiger partial charge is 0.315 e. The normalized spacial score (nSPS) is 20.1. The van der Waals surface area contributed by atoms with E-state index in [1.807, 2.05) is 54.6 Å². The van der Waals surface area contributed by atoms with Crippen molar-refractivity contribution in [3.05, 3.63) is 65.7 Å². The predicted octanol–water partition coefficient (Wildman–Crippen LogP) is 3.53. The highest BCUT2D eigenvalue weighted by Gasteiger charge is 2.26. The zero-order chi connectivity index (χ0) is 23.8. The van der Waals surface area contributed by atoms with Gasteiger partial charge in [-0.05, 0) is 61.6 Å². The Morgan fingerprint density at radius 3 is 2.41 bits per heavy atom. The Hall–Kier alpha value is -3.35. The van der Waals surface area contributed by atoms with E-state index in [9.17, 15) is 14.4 Å². The Labute approximate surface area is 201 Å². The van der Waals surface area contributed by atoms with Crippen molar-refractivity contribution in [3.8, 4) is 0 Å². The van der Waals surface area contributed by atoms with E-state index in [1.54, 1.807) is 4.90 Å².